The van der Waals surface area contributed by atoms with Crippen LogP contribution in [-0.2, 0) is 6.42 Å². The molecule has 1 nitrogen and oxygen atoms in total. The van der Waals surface area contributed by atoms with Crippen molar-refractivity contribution in [3.63, 3.8) is 0 Å². The maximum absolute atomic E-state index is 8.84. The van der Waals surface area contributed by atoms with Crippen molar-refractivity contribution in [1.29, 1.82) is 5.26 Å². The van der Waals surface area contributed by atoms with Gasteiger partial charge in [0.25, 0.3) is 0 Å². The number of rotatable bonds is 11. The zero-order valence-corrected chi connectivity index (χ0v) is 16.8. The molecule has 1 aliphatic rings. The summed E-state index contributed by atoms with van der Waals surface area (Å²) in [4.78, 5) is 0. The normalized spacial score (nSPS) is 20.3. The van der Waals surface area contributed by atoms with Gasteiger partial charge in [0.05, 0.1) is 11.6 Å². The number of nitrogens with zero attached hydrogens (tertiary/aromatic N) is 1. The number of allylic oxidation sites excluding steroid dienone is 2. The first-order valence-corrected chi connectivity index (χ1v) is 11.0. The summed E-state index contributed by atoms with van der Waals surface area (Å²) in [7, 11) is 0. The van der Waals surface area contributed by atoms with Gasteiger partial charge in [-0.05, 0) is 68.1 Å². The summed E-state index contributed by atoms with van der Waals surface area (Å²) in [6.07, 6.45) is 22.8. The van der Waals surface area contributed by atoms with Crippen LogP contribution in [0, 0.1) is 23.2 Å². The van der Waals surface area contributed by atoms with E-state index in [0.717, 1.165) is 30.2 Å². The molecule has 0 radical (unpaired) electrons. The average molecular weight is 352 g/mol. The second-order valence-electron chi connectivity index (χ2n) is 8.11. The predicted molar refractivity (Wildman–Crippen MR) is 112 cm³/mol. The lowest BCUT2D eigenvalue weighted by atomic mass is 9.79. The molecule has 1 aromatic rings. The van der Waals surface area contributed by atoms with E-state index < -0.39 is 0 Å². The minimum atomic E-state index is 0.752. The van der Waals surface area contributed by atoms with Crippen LogP contribution in [0.3, 0.4) is 0 Å². The Morgan fingerprint density at radius 1 is 0.962 bits per heavy atom. The van der Waals surface area contributed by atoms with Gasteiger partial charge in [0.1, 0.15) is 0 Å². The fourth-order valence-corrected chi connectivity index (χ4v) is 4.17. The molecule has 0 heterocycles. The van der Waals surface area contributed by atoms with Gasteiger partial charge >= 0.3 is 0 Å². The van der Waals surface area contributed by atoms with Gasteiger partial charge in [-0.25, -0.2) is 0 Å². The van der Waals surface area contributed by atoms with E-state index in [1.165, 1.54) is 76.2 Å². The lowest BCUT2D eigenvalue weighted by molar-refractivity contribution is 0.288. The van der Waals surface area contributed by atoms with Crippen molar-refractivity contribution in [3.05, 3.63) is 47.5 Å². The van der Waals surface area contributed by atoms with Crippen LogP contribution in [0.5, 0.6) is 0 Å². The quantitative estimate of drug-likeness (QED) is 0.297. The van der Waals surface area contributed by atoms with Crippen LogP contribution in [0.25, 0.3) is 0 Å². The zero-order chi connectivity index (χ0) is 18.5. The molecule has 0 N–H and O–H groups in total. The molecule has 26 heavy (non-hydrogen) atoms. The Balaban J connectivity index is 1.53. The van der Waals surface area contributed by atoms with Crippen LogP contribution in [-0.4, -0.2) is 0 Å². The third kappa shape index (κ3) is 8.22. The predicted octanol–water partition coefficient (Wildman–Crippen LogP) is 7.60. The van der Waals surface area contributed by atoms with E-state index in [1.807, 2.05) is 12.1 Å². The fourth-order valence-electron chi connectivity index (χ4n) is 4.17. The lowest BCUT2D eigenvalue weighted by Crippen LogP contribution is -2.13. The summed E-state index contributed by atoms with van der Waals surface area (Å²) in [6.45, 7) is 2.29. The van der Waals surface area contributed by atoms with Crippen molar-refractivity contribution < 1.29 is 0 Å². The standard InChI is InChI=1S/C25H37N/c1-2-3-4-5-6-7-10-22-13-15-23(16-14-22)11-8-9-12-24-17-19-25(21-26)20-18-24/h8,11,17-20,22-23H,2-7,9-10,12-16H2,1H3. The Morgan fingerprint density at radius 3 is 2.35 bits per heavy atom. The van der Waals surface area contributed by atoms with Gasteiger partial charge < -0.3 is 0 Å². The van der Waals surface area contributed by atoms with Crippen molar-refractivity contribution in [1.82, 2.24) is 0 Å². The van der Waals surface area contributed by atoms with Crippen LogP contribution >= 0.6 is 0 Å². The molecule has 0 aromatic heterocycles. The van der Waals surface area contributed by atoms with Gasteiger partial charge in [-0.1, -0.05) is 76.2 Å². The Labute approximate surface area is 161 Å². The Kier molecular flexibility index (Phi) is 10.2. The molecule has 1 aliphatic carbocycles. The number of nitriles is 1. The van der Waals surface area contributed by atoms with Gasteiger partial charge in [-0.3, -0.25) is 0 Å². The summed E-state index contributed by atoms with van der Waals surface area (Å²) in [5.74, 6) is 1.82. The van der Waals surface area contributed by atoms with Crippen molar-refractivity contribution in [2.45, 2.75) is 90.4 Å². The summed E-state index contributed by atoms with van der Waals surface area (Å²) >= 11 is 0. The SMILES string of the molecule is CCCCCCCCC1CCC(C=CCCc2ccc(C#N)cc2)CC1. The highest BCUT2D eigenvalue weighted by molar-refractivity contribution is 5.31. The van der Waals surface area contributed by atoms with E-state index >= 15 is 0 Å². The molecule has 0 unspecified atom stereocenters. The van der Waals surface area contributed by atoms with Gasteiger partial charge in [-0.2, -0.15) is 5.26 Å². The molecule has 0 bridgehead atoms. The lowest BCUT2D eigenvalue weighted by Gasteiger charge is -2.26. The first kappa shape index (κ1) is 20.8. The second-order valence-corrected chi connectivity index (χ2v) is 8.11. The minimum absolute atomic E-state index is 0.752. The molecule has 0 spiro atoms. The first-order chi connectivity index (χ1) is 12.8. The number of hydrogen-bond donors (Lipinski definition) is 0. The van der Waals surface area contributed by atoms with E-state index in [9.17, 15) is 0 Å². The number of unbranched alkanes of at least 4 members (excludes halogenated alkanes) is 5. The molecule has 1 aromatic carbocycles. The number of hydrogen-bond acceptors (Lipinski definition) is 1. The number of benzene rings is 1. The molecule has 0 atom stereocenters. The van der Waals surface area contributed by atoms with Crippen molar-refractivity contribution >= 4 is 0 Å². The minimum Gasteiger partial charge on any atom is -0.192 e. The van der Waals surface area contributed by atoms with Gasteiger partial charge in [0.15, 0.2) is 0 Å². The largest absolute Gasteiger partial charge is 0.192 e. The van der Waals surface area contributed by atoms with Crippen molar-refractivity contribution in [3.8, 4) is 6.07 Å². The van der Waals surface area contributed by atoms with Gasteiger partial charge in [0, 0.05) is 0 Å². The molecule has 0 aliphatic heterocycles. The summed E-state index contributed by atoms with van der Waals surface area (Å²) in [6, 6.07) is 10.2. The van der Waals surface area contributed by atoms with Crippen LogP contribution in [0.1, 0.15) is 95.1 Å². The molecular formula is C25H37N. The maximum atomic E-state index is 8.84. The van der Waals surface area contributed by atoms with Crippen LogP contribution in [0.4, 0.5) is 0 Å². The summed E-state index contributed by atoms with van der Waals surface area (Å²) in [5, 5.41) is 8.84. The molecule has 0 amide bonds. The highest BCUT2D eigenvalue weighted by atomic mass is 14.2. The van der Waals surface area contributed by atoms with E-state index in [-0.39, 0.29) is 0 Å². The second kappa shape index (κ2) is 12.7. The summed E-state index contributed by atoms with van der Waals surface area (Å²) in [5.41, 5.74) is 2.08. The third-order valence-electron chi connectivity index (χ3n) is 5.95. The average Bonchev–Trinajstić information content (AvgIpc) is 2.69. The molecular weight excluding hydrogens is 314 g/mol. The molecule has 2 rings (SSSR count). The van der Waals surface area contributed by atoms with E-state index in [2.05, 4.69) is 37.3 Å². The van der Waals surface area contributed by atoms with Gasteiger partial charge in [0.2, 0.25) is 0 Å². The van der Waals surface area contributed by atoms with E-state index in [4.69, 9.17) is 5.26 Å². The first-order valence-electron chi connectivity index (χ1n) is 11.0. The van der Waals surface area contributed by atoms with Crippen LogP contribution in [0.15, 0.2) is 36.4 Å². The highest BCUT2D eigenvalue weighted by Crippen LogP contribution is 2.32. The molecule has 142 valence electrons. The third-order valence-corrected chi connectivity index (χ3v) is 5.95. The maximum Gasteiger partial charge on any atom is 0.0991 e. The fraction of sp³-hybridized carbons (Fsp3) is 0.640. The van der Waals surface area contributed by atoms with Crippen molar-refractivity contribution in [2.24, 2.45) is 11.8 Å². The Morgan fingerprint density at radius 2 is 1.65 bits per heavy atom. The molecule has 1 fully saturated rings. The Hall–Kier alpha value is -1.55. The highest BCUT2D eigenvalue weighted by Gasteiger charge is 2.18. The zero-order valence-electron chi connectivity index (χ0n) is 16.8. The topological polar surface area (TPSA) is 23.8 Å². The van der Waals surface area contributed by atoms with Crippen molar-refractivity contribution in [2.75, 3.05) is 0 Å². The Bertz CT molecular complexity index is 541. The molecule has 0 saturated heterocycles. The van der Waals surface area contributed by atoms with Crippen LogP contribution < -0.4 is 0 Å². The van der Waals surface area contributed by atoms with E-state index in [1.54, 1.807) is 0 Å². The smallest absolute Gasteiger partial charge is 0.0991 e. The van der Waals surface area contributed by atoms with E-state index in [0.29, 0.717) is 0 Å². The molecule has 1 saturated carbocycles. The van der Waals surface area contributed by atoms with Gasteiger partial charge in [-0.15, -0.1) is 0 Å². The summed E-state index contributed by atoms with van der Waals surface area (Å²) < 4.78 is 0. The molecule has 1 heteroatoms. The monoisotopic (exact) mass is 351 g/mol. The number of aryl methyl sites for hydroxylation is 1. The van der Waals surface area contributed by atoms with Crippen LogP contribution in [0.2, 0.25) is 0 Å².